The van der Waals surface area contributed by atoms with Crippen LogP contribution in [-0.2, 0) is 0 Å². The smallest absolute Gasteiger partial charge is 0.251 e. The van der Waals surface area contributed by atoms with E-state index < -0.39 is 0 Å². The van der Waals surface area contributed by atoms with Crippen LogP contribution in [0, 0.1) is 0 Å². The molecule has 0 radical (unpaired) electrons. The highest BCUT2D eigenvalue weighted by molar-refractivity contribution is 5.94. The highest BCUT2D eigenvalue weighted by Gasteiger charge is 2.07. The number of carbonyl (C=O) groups is 1. The third-order valence-corrected chi connectivity index (χ3v) is 3.40. The van der Waals surface area contributed by atoms with Crippen LogP contribution in [0.15, 0.2) is 54.6 Å². The molecule has 20 heavy (non-hydrogen) atoms. The van der Waals surface area contributed by atoms with Crippen molar-refractivity contribution < 1.29 is 4.79 Å². The van der Waals surface area contributed by atoms with Crippen molar-refractivity contribution >= 4 is 11.6 Å². The first-order chi connectivity index (χ1) is 9.66. The molecule has 104 valence electrons. The predicted molar refractivity (Wildman–Crippen MR) is 82.7 cm³/mol. The van der Waals surface area contributed by atoms with E-state index in [1.165, 1.54) is 5.56 Å². The third kappa shape index (κ3) is 3.85. The van der Waals surface area contributed by atoms with E-state index in [1.807, 2.05) is 18.2 Å². The fourth-order valence-corrected chi connectivity index (χ4v) is 2.09. The molecule has 2 rings (SSSR count). The average Bonchev–Trinajstić information content (AvgIpc) is 2.48. The number of nitrogen functional groups attached to an aromatic ring is 1. The van der Waals surface area contributed by atoms with Crippen molar-refractivity contribution in [3.8, 4) is 0 Å². The van der Waals surface area contributed by atoms with Crippen LogP contribution in [0.1, 0.15) is 35.2 Å². The molecular formula is C17H20N2O. The predicted octanol–water partition coefficient (Wildman–Crippen LogP) is 3.19. The van der Waals surface area contributed by atoms with Gasteiger partial charge in [-0.05, 0) is 42.2 Å². The van der Waals surface area contributed by atoms with Crippen LogP contribution in [0.5, 0.6) is 0 Å². The molecule has 3 heteroatoms. The molecule has 0 fully saturated rings. The molecule has 1 amide bonds. The maximum absolute atomic E-state index is 11.9. The number of hydrogen-bond acceptors (Lipinski definition) is 2. The van der Waals surface area contributed by atoms with Crippen molar-refractivity contribution in [1.82, 2.24) is 5.32 Å². The lowest BCUT2D eigenvalue weighted by molar-refractivity contribution is 0.0952. The van der Waals surface area contributed by atoms with Gasteiger partial charge >= 0.3 is 0 Å². The van der Waals surface area contributed by atoms with E-state index in [-0.39, 0.29) is 5.91 Å². The Morgan fingerprint density at radius 2 is 1.75 bits per heavy atom. The molecule has 0 aliphatic rings. The van der Waals surface area contributed by atoms with Gasteiger partial charge in [0.15, 0.2) is 0 Å². The van der Waals surface area contributed by atoms with E-state index in [0.29, 0.717) is 23.7 Å². The zero-order valence-electron chi connectivity index (χ0n) is 11.7. The van der Waals surface area contributed by atoms with E-state index in [0.717, 1.165) is 6.42 Å². The van der Waals surface area contributed by atoms with Crippen LogP contribution in [0.4, 0.5) is 5.69 Å². The van der Waals surface area contributed by atoms with Gasteiger partial charge in [-0.2, -0.15) is 0 Å². The first-order valence-electron chi connectivity index (χ1n) is 6.85. The summed E-state index contributed by atoms with van der Waals surface area (Å²) < 4.78 is 0. The zero-order chi connectivity index (χ0) is 14.4. The second-order valence-corrected chi connectivity index (χ2v) is 4.98. The van der Waals surface area contributed by atoms with E-state index in [9.17, 15) is 4.79 Å². The van der Waals surface area contributed by atoms with Gasteiger partial charge < -0.3 is 11.1 Å². The molecule has 3 N–H and O–H groups in total. The van der Waals surface area contributed by atoms with Crippen molar-refractivity contribution in [1.29, 1.82) is 0 Å². The number of benzene rings is 2. The Balaban J connectivity index is 1.81. The van der Waals surface area contributed by atoms with E-state index >= 15 is 0 Å². The van der Waals surface area contributed by atoms with Crippen molar-refractivity contribution in [3.63, 3.8) is 0 Å². The fourth-order valence-electron chi connectivity index (χ4n) is 2.09. The minimum absolute atomic E-state index is 0.0507. The van der Waals surface area contributed by atoms with Gasteiger partial charge in [-0.25, -0.2) is 0 Å². The summed E-state index contributed by atoms with van der Waals surface area (Å²) in [4.78, 5) is 11.9. The Morgan fingerprint density at radius 3 is 2.40 bits per heavy atom. The van der Waals surface area contributed by atoms with E-state index in [4.69, 9.17) is 5.73 Å². The second kappa shape index (κ2) is 6.75. The molecule has 2 aromatic carbocycles. The summed E-state index contributed by atoms with van der Waals surface area (Å²) in [7, 11) is 0. The number of rotatable bonds is 5. The minimum Gasteiger partial charge on any atom is -0.399 e. The Labute approximate surface area is 119 Å². The standard InChI is InChI=1S/C17H20N2O/c1-13(14-5-3-2-4-6-14)11-12-19-17(20)15-7-9-16(18)10-8-15/h2-10,13H,11-12,18H2,1H3,(H,19,20). The summed E-state index contributed by atoms with van der Waals surface area (Å²) in [6.45, 7) is 2.84. The van der Waals surface area contributed by atoms with Crippen molar-refractivity contribution in [2.75, 3.05) is 12.3 Å². The van der Waals surface area contributed by atoms with Gasteiger partial charge in [0, 0.05) is 17.8 Å². The Bertz CT molecular complexity index is 549. The van der Waals surface area contributed by atoms with Gasteiger partial charge in [0.25, 0.3) is 5.91 Å². The highest BCUT2D eigenvalue weighted by atomic mass is 16.1. The minimum atomic E-state index is -0.0507. The van der Waals surface area contributed by atoms with Crippen molar-refractivity contribution in [2.45, 2.75) is 19.3 Å². The molecule has 1 unspecified atom stereocenters. The molecule has 0 spiro atoms. The topological polar surface area (TPSA) is 55.1 Å². The first kappa shape index (κ1) is 14.1. The van der Waals surface area contributed by atoms with Crippen LogP contribution < -0.4 is 11.1 Å². The van der Waals surface area contributed by atoms with Crippen LogP contribution >= 0.6 is 0 Å². The molecule has 0 aliphatic heterocycles. The number of carbonyl (C=O) groups excluding carboxylic acids is 1. The molecule has 0 bridgehead atoms. The number of amides is 1. The van der Waals surface area contributed by atoms with Crippen LogP contribution in [0.2, 0.25) is 0 Å². The summed E-state index contributed by atoms with van der Waals surface area (Å²) in [5, 5.41) is 2.94. The fraction of sp³-hybridized carbons (Fsp3) is 0.235. The molecule has 0 heterocycles. The van der Waals surface area contributed by atoms with E-state index in [1.54, 1.807) is 24.3 Å². The number of hydrogen-bond donors (Lipinski definition) is 2. The lowest BCUT2D eigenvalue weighted by Gasteiger charge is -2.12. The quantitative estimate of drug-likeness (QED) is 0.818. The highest BCUT2D eigenvalue weighted by Crippen LogP contribution is 2.17. The van der Waals surface area contributed by atoms with Gasteiger partial charge in [0.05, 0.1) is 0 Å². The molecule has 0 aromatic heterocycles. The summed E-state index contributed by atoms with van der Waals surface area (Å²) in [5.74, 6) is 0.383. The first-order valence-corrected chi connectivity index (χ1v) is 6.85. The molecule has 0 saturated carbocycles. The summed E-state index contributed by atoms with van der Waals surface area (Å²) >= 11 is 0. The maximum Gasteiger partial charge on any atom is 0.251 e. The molecule has 0 aliphatic carbocycles. The molecule has 0 saturated heterocycles. The largest absolute Gasteiger partial charge is 0.399 e. The van der Waals surface area contributed by atoms with Crippen molar-refractivity contribution in [2.24, 2.45) is 0 Å². The molecule has 2 aromatic rings. The lowest BCUT2D eigenvalue weighted by Crippen LogP contribution is -2.25. The number of nitrogens with two attached hydrogens (primary N) is 1. The summed E-state index contributed by atoms with van der Waals surface area (Å²) in [6, 6.07) is 17.3. The van der Waals surface area contributed by atoms with Gasteiger partial charge in [-0.1, -0.05) is 37.3 Å². The normalized spacial score (nSPS) is 11.8. The van der Waals surface area contributed by atoms with Gasteiger partial charge in [0.2, 0.25) is 0 Å². The average molecular weight is 268 g/mol. The molecule has 1 atom stereocenters. The van der Waals surface area contributed by atoms with Gasteiger partial charge in [-0.3, -0.25) is 4.79 Å². The van der Waals surface area contributed by atoms with Crippen LogP contribution in [-0.4, -0.2) is 12.5 Å². The van der Waals surface area contributed by atoms with Crippen LogP contribution in [0.3, 0.4) is 0 Å². The summed E-state index contributed by atoms with van der Waals surface area (Å²) in [5.41, 5.74) is 8.21. The number of nitrogens with one attached hydrogen (secondary N) is 1. The van der Waals surface area contributed by atoms with Crippen LogP contribution in [0.25, 0.3) is 0 Å². The van der Waals surface area contributed by atoms with E-state index in [2.05, 4.69) is 24.4 Å². The molecular weight excluding hydrogens is 248 g/mol. The Hall–Kier alpha value is -2.29. The molecule has 3 nitrogen and oxygen atoms in total. The Morgan fingerprint density at radius 1 is 1.10 bits per heavy atom. The SMILES string of the molecule is CC(CCNC(=O)c1ccc(N)cc1)c1ccccc1. The monoisotopic (exact) mass is 268 g/mol. The second-order valence-electron chi connectivity index (χ2n) is 4.98. The number of anilines is 1. The zero-order valence-corrected chi connectivity index (χ0v) is 11.7. The third-order valence-electron chi connectivity index (χ3n) is 3.40. The van der Waals surface area contributed by atoms with Crippen molar-refractivity contribution in [3.05, 3.63) is 65.7 Å². The summed E-state index contributed by atoms with van der Waals surface area (Å²) in [6.07, 6.45) is 0.921. The lowest BCUT2D eigenvalue weighted by atomic mass is 9.98. The maximum atomic E-state index is 11.9. The van der Waals surface area contributed by atoms with Gasteiger partial charge in [-0.15, -0.1) is 0 Å². The Kier molecular flexibility index (Phi) is 4.77. The van der Waals surface area contributed by atoms with Gasteiger partial charge in [0.1, 0.15) is 0 Å².